The average molecular weight is 415 g/mol. The highest BCUT2D eigenvalue weighted by molar-refractivity contribution is 6.31. The SMILES string of the molecule is O=C(NCC1(c2ccccc2Cl)CCOCC1)c1ccccc1N1CCOCC1. The van der Waals surface area contributed by atoms with Gasteiger partial charge in [-0.2, -0.15) is 0 Å². The van der Waals surface area contributed by atoms with E-state index >= 15 is 0 Å². The summed E-state index contributed by atoms with van der Waals surface area (Å²) >= 11 is 6.53. The molecule has 2 aromatic carbocycles. The molecule has 0 unspecified atom stereocenters. The van der Waals surface area contributed by atoms with Crippen molar-refractivity contribution in [1.82, 2.24) is 5.32 Å². The fourth-order valence-electron chi connectivity index (χ4n) is 4.29. The minimum atomic E-state index is -0.208. The number of hydrogen-bond donors (Lipinski definition) is 1. The fraction of sp³-hybridized carbons (Fsp3) is 0.435. The van der Waals surface area contributed by atoms with E-state index in [1.54, 1.807) is 0 Å². The summed E-state index contributed by atoms with van der Waals surface area (Å²) in [6.45, 7) is 4.85. The Labute approximate surface area is 176 Å². The van der Waals surface area contributed by atoms with Gasteiger partial charge in [-0.1, -0.05) is 41.9 Å². The van der Waals surface area contributed by atoms with Crippen molar-refractivity contribution in [3.63, 3.8) is 0 Å². The van der Waals surface area contributed by atoms with Gasteiger partial charge in [-0.05, 0) is 36.6 Å². The van der Waals surface area contributed by atoms with Crippen LogP contribution in [-0.4, -0.2) is 52.0 Å². The van der Waals surface area contributed by atoms with Gasteiger partial charge in [0.1, 0.15) is 0 Å². The topological polar surface area (TPSA) is 50.8 Å². The molecule has 0 atom stereocenters. The maximum absolute atomic E-state index is 13.2. The molecule has 2 saturated heterocycles. The lowest BCUT2D eigenvalue weighted by Gasteiger charge is -2.38. The summed E-state index contributed by atoms with van der Waals surface area (Å²) in [5, 5.41) is 3.95. The first-order valence-corrected chi connectivity index (χ1v) is 10.6. The molecular weight excluding hydrogens is 388 g/mol. The molecule has 2 aliphatic heterocycles. The van der Waals surface area contributed by atoms with Gasteiger partial charge >= 0.3 is 0 Å². The lowest BCUT2D eigenvalue weighted by atomic mass is 9.74. The van der Waals surface area contributed by atoms with Gasteiger partial charge in [0, 0.05) is 49.0 Å². The molecule has 1 amide bonds. The van der Waals surface area contributed by atoms with Crippen molar-refractivity contribution < 1.29 is 14.3 Å². The fourth-order valence-corrected chi connectivity index (χ4v) is 4.62. The molecule has 5 nitrogen and oxygen atoms in total. The molecule has 29 heavy (non-hydrogen) atoms. The molecule has 2 aliphatic rings. The van der Waals surface area contributed by atoms with Crippen molar-refractivity contribution in [3.05, 3.63) is 64.7 Å². The van der Waals surface area contributed by atoms with E-state index in [9.17, 15) is 4.79 Å². The van der Waals surface area contributed by atoms with Gasteiger partial charge < -0.3 is 19.7 Å². The first-order chi connectivity index (χ1) is 14.2. The summed E-state index contributed by atoms with van der Waals surface area (Å²) in [4.78, 5) is 15.4. The number of hydrogen-bond acceptors (Lipinski definition) is 4. The summed E-state index contributed by atoms with van der Waals surface area (Å²) < 4.78 is 11.1. The third-order valence-corrected chi connectivity index (χ3v) is 6.31. The van der Waals surface area contributed by atoms with E-state index in [1.165, 1.54) is 0 Å². The number of anilines is 1. The second-order valence-electron chi connectivity index (χ2n) is 7.67. The third kappa shape index (κ3) is 4.42. The van der Waals surface area contributed by atoms with Crippen molar-refractivity contribution in [2.75, 3.05) is 51.0 Å². The number of morpholine rings is 1. The molecule has 154 valence electrons. The Hall–Kier alpha value is -2.08. The van der Waals surface area contributed by atoms with Crippen LogP contribution in [0.3, 0.4) is 0 Å². The number of nitrogens with one attached hydrogen (secondary N) is 1. The van der Waals surface area contributed by atoms with Gasteiger partial charge in [-0.3, -0.25) is 4.79 Å². The molecule has 0 saturated carbocycles. The number of halogens is 1. The van der Waals surface area contributed by atoms with Crippen LogP contribution in [0.15, 0.2) is 48.5 Å². The van der Waals surface area contributed by atoms with E-state index < -0.39 is 0 Å². The minimum absolute atomic E-state index is 0.0509. The molecule has 0 aliphatic carbocycles. The van der Waals surface area contributed by atoms with Gasteiger partial charge in [0.2, 0.25) is 0 Å². The summed E-state index contributed by atoms with van der Waals surface area (Å²) in [6.07, 6.45) is 1.67. The van der Waals surface area contributed by atoms with Crippen LogP contribution in [-0.2, 0) is 14.9 Å². The molecule has 0 spiro atoms. The zero-order chi connectivity index (χ0) is 20.1. The summed E-state index contributed by atoms with van der Waals surface area (Å²) in [5.41, 5.74) is 2.55. The van der Waals surface area contributed by atoms with Crippen LogP contribution in [0.25, 0.3) is 0 Å². The number of benzene rings is 2. The van der Waals surface area contributed by atoms with Crippen LogP contribution in [0, 0.1) is 0 Å². The lowest BCUT2D eigenvalue weighted by molar-refractivity contribution is 0.0487. The van der Waals surface area contributed by atoms with Gasteiger partial charge in [0.05, 0.1) is 18.8 Å². The van der Waals surface area contributed by atoms with Gasteiger partial charge in [0.25, 0.3) is 5.91 Å². The molecule has 2 fully saturated rings. The van der Waals surface area contributed by atoms with Crippen molar-refractivity contribution in [1.29, 1.82) is 0 Å². The number of carbonyl (C=O) groups is 1. The van der Waals surface area contributed by atoms with Crippen LogP contribution in [0.5, 0.6) is 0 Å². The van der Waals surface area contributed by atoms with E-state index in [-0.39, 0.29) is 11.3 Å². The molecule has 0 bridgehead atoms. The Bertz CT molecular complexity index is 846. The highest BCUT2D eigenvalue weighted by atomic mass is 35.5. The van der Waals surface area contributed by atoms with E-state index in [0.29, 0.717) is 38.5 Å². The molecule has 2 heterocycles. The molecule has 0 aromatic heterocycles. The Morgan fingerprint density at radius 2 is 1.62 bits per heavy atom. The minimum Gasteiger partial charge on any atom is -0.381 e. The normalized spacial score (nSPS) is 19.0. The first-order valence-electron chi connectivity index (χ1n) is 10.2. The monoisotopic (exact) mass is 414 g/mol. The summed E-state index contributed by atoms with van der Waals surface area (Å²) in [6, 6.07) is 15.7. The predicted molar refractivity (Wildman–Crippen MR) is 115 cm³/mol. The quantitative estimate of drug-likeness (QED) is 0.811. The summed E-state index contributed by atoms with van der Waals surface area (Å²) in [5.74, 6) is -0.0509. The molecule has 0 radical (unpaired) electrons. The predicted octanol–water partition coefficient (Wildman–Crippen LogP) is 3.65. The van der Waals surface area contributed by atoms with E-state index in [2.05, 4.69) is 16.3 Å². The summed E-state index contributed by atoms with van der Waals surface area (Å²) in [7, 11) is 0. The number of rotatable bonds is 5. The average Bonchev–Trinajstić information content (AvgIpc) is 2.79. The largest absolute Gasteiger partial charge is 0.381 e. The van der Waals surface area contributed by atoms with Crippen LogP contribution < -0.4 is 10.2 Å². The Morgan fingerprint density at radius 3 is 2.38 bits per heavy atom. The first kappa shape index (κ1) is 20.2. The van der Waals surface area contributed by atoms with Crippen molar-refractivity contribution in [3.8, 4) is 0 Å². The number of nitrogens with zero attached hydrogens (tertiary/aromatic N) is 1. The molecule has 1 N–H and O–H groups in total. The molecule has 4 rings (SSSR count). The smallest absolute Gasteiger partial charge is 0.253 e. The van der Waals surface area contributed by atoms with Gasteiger partial charge in [-0.15, -0.1) is 0 Å². The van der Waals surface area contributed by atoms with Crippen LogP contribution in [0.1, 0.15) is 28.8 Å². The highest BCUT2D eigenvalue weighted by Gasteiger charge is 2.36. The highest BCUT2D eigenvalue weighted by Crippen LogP contribution is 2.38. The number of amides is 1. The van der Waals surface area contributed by atoms with E-state index in [0.717, 1.165) is 42.2 Å². The third-order valence-electron chi connectivity index (χ3n) is 5.98. The Kier molecular flexibility index (Phi) is 6.38. The van der Waals surface area contributed by atoms with Gasteiger partial charge in [0.15, 0.2) is 0 Å². The number of para-hydroxylation sites is 1. The Balaban J connectivity index is 1.54. The maximum Gasteiger partial charge on any atom is 0.253 e. The van der Waals surface area contributed by atoms with Crippen molar-refractivity contribution in [2.24, 2.45) is 0 Å². The second kappa shape index (κ2) is 9.16. The van der Waals surface area contributed by atoms with E-state index in [4.69, 9.17) is 21.1 Å². The van der Waals surface area contributed by atoms with Gasteiger partial charge in [-0.25, -0.2) is 0 Å². The van der Waals surface area contributed by atoms with Crippen molar-refractivity contribution >= 4 is 23.2 Å². The second-order valence-corrected chi connectivity index (χ2v) is 8.08. The molecule has 6 heteroatoms. The lowest BCUT2D eigenvalue weighted by Crippen LogP contribution is -2.45. The zero-order valence-electron chi connectivity index (χ0n) is 16.5. The van der Waals surface area contributed by atoms with E-state index in [1.807, 2.05) is 42.5 Å². The van der Waals surface area contributed by atoms with Crippen LogP contribution in [0.4, 0.5) is 5.69 Å². The number of carbonyl (C=O) groups excluding carboxylic acids is 1. The number of ether oxygens (including phenoxy) is 2. The Morgan fingerprint density at radius 1 is 0.966 bits per heavy atom. The van der Waals surface area contributed by atoms with Crippen LogP contribution in [0.2, 0.25) is 5.02 Å². The standard InChI is InChI=1S/C23H27ClN2O3/c24-20-7-3-2-6-19(20)23(9-13-28-14-10-23)17-25-22(27)18-5-1-4-8-21(18)26-11-15-29-16-12-26/h1-8H,9-17H2,(H,25,27). The zero-order valence-corrected chi connectivity index (χ0v) is 17.3. The van der Waals surface area contributed by atoms with Crippen LogP contribution >= 0.6 is 11.6 Å². The van der Waals surface area contributed by atoms with Crippen molar-refractivity contribution in [2.45, 2.75) is 18.3 Å². The molecular formula is C23H27ClN2O3. The molecule has 2 aromatic rings. The maximum atomic E-state index is 13.2.